The molecule has 0 aliphatic rings. The van der Waals surface area contributed by atoms with Gasteiger partial charge in [-0.25, -0.2) is 4.39 Å². The SMILES string of the molecule is CCNC(=O)C(Cl)c1cc(F)ccc1C. The number of hydrogen-bond acceptors (Lipinski definition) is 1. The fraction of sp³-hybridized carbons (Fsp3) is 0.364. The van der Waals surface area contributed by atoms with Gasteiger partial charge in [-0.3, -0.25) is 4.79 Å². The maximum absolute atomic E-state index is 13.0. The van der Waals surface area contributed by atoms with Gasteiger partial charge in [-0.2, -0.15) is 0 Å². The van der Waals surface area contributed by atoms with Crippen LogP contribution in [-0.2, 0) is 4.79 Å². The molecule has 1 rings (SSSR count). The Kier molecular flexibility index (Phi) is 4.09. The number of carbonyl (C=O) groups is 1. The maximum atomic E-state index is 13.0. The molecule has 1 amide bonds. The summed E-state index contributed by atoms with van der Waals surface area (Å²) in [6.45, 7) is 4.11. The first-order valence-electron chi connectivity index (χ1n) is 4.74. The van der Waals surface area contributed by atoms with Crippen LogP contribution in [0.2, 0.25) is 0 Å². The molecule has 15 heavy (non-hydrogen) atoms. The fourth-order valence-electron chi connectivity index (χ4n) is 1.29. The van der Waals surface area contributed by atoms with E-state index >= 15 is 0 Å². The molecule has 1 aromatic rings. The van der Waals surface area contributed by atoms with E-state index in [1.807, 2.05) is 0 Å². The third kappa shape index (κ3) is 2.93. The second-order valence-corrected chi connectivity index (χ2v) is 3.69. The molecular weight excluding hydrogens is 217 g/mol. The highest BCUT2D eigenvalue weighted by atomic mass is 35.5. The predicted molar refractivity (Wildman–Crippen MR) is 58.4 cm³/mol. The number of benzene rings is 1. The molecule has 1 unspecified atom stereocenters. The molecule has 0 radical (unpaired) electrons. The Labute approximate surface area is 93.4 Å². The van der Waals surface area contributed by atoms with Crippen molar-refractivity contribution in [1.82, 2.24) is 5.32 Å². The molecule has 4 heteroatoms. The number of likely N-dealkylation sites (N-methyl/N-ethyl adjacent to an activating group) is 1. The van der Waals surface area contributed by atoms with Gasteiger partial charge in [-0.05, 0) is 37.1 Å². The number of amides is 1. The van der Waals surface area contributed by atoms with Gasteiger partial charge in [0.25, 0.3) is 0 Å². The van der Waals surface area contributed by atoms with Crippen LogP contribution in [0, 0.1) is 12.7 Å². The van der Waals surface area contributed by atoms with Gasteiger partial charge in [0, 0.05) is 6.54 Å². The van der Waals surface area contributed by atoms with Gasteiger partial charge in [0.05, 0.1) is 0 Å². The van der Waals surface area contributed by atoms with Crippen molar-refractivity contribution in [3.05, 3.63) is 35.1 Å². The summed E-state index contributed by atoms with van der Waals surface area (Å²) in [6.07, 6.45) is 0. The van der Waals surface area contributed by atoms with E-state index in [0.717, 1.165) is 5.56 Å². The summed E-state index contributed by atoms with van der Waals surface area (Å²) in [4.78, 5) is 11.4. The second kappa shape index (κ2) is 5.12. The molecule has 0 heterocycles. The van der Waals surface area contributed by atoms with Crippen LogP contribution in [0.3, 0.4) is 0 Å². The zero-order chi connectivity index (χ0) is 11.4. The minimum atomic E-state index is -0.833. The van der Waals surface area contributed by atoms with Gasteiger partial charge in [0.15, 0.2) is 0 Å². The van der Waals surface area contributed by atoms with Gasteiger partial charge in [0.1, 0.15) is 11.2 Å². The van der Waals surface area contributed by atoms with Crippen LogP contribution in [-0.4, -0.2) is 12.5 Å². The Morgan fingerprint density at radius 2 is 2.27 bits per heavy atom. The number of aryl methyl sites for hydroxylation is 1. The van der Waals surface area contributed by atoms with Crippen LogP contribution in [0.4, 0.5) is 4.39 Å². The summed E-state index contributed by atoms with van der Waals surface area (Å²) in [7, 11) is 0. The third-order valence-electron chi connectivity index (χ3n) is 2.10. The Morgan fingerprint density at radius 1 is 1.60 bits per heavy atom. The van der Waals surface area contributed by atoms with Gasteiger partial charge >= 0.3 is 0 Å². The Balaban J connectivity index is 2.94. The molecule has 0 aromatic heterocycles. The van der Waals surface area contributed by atoms with Crippen molar-refractivity contribution >= 4 is 17.5 Å². The van der Waals surface area contributed by atoms with Gasteiger partial charge in [-0.1, -0.05) is 6.07 Å². The third-order valence-corrected chi connectivity index (χ3v) is 2.53. The van der Waals surface area contributed by atoms with Crippen LogP contribution in [0.15, 0.2) is 18.2 Å². The van der Waals surface area contributed by atoms with E-state index in [0.29, 0.717) is 12.1 Å². The lowest BCUT2D eigenvalue weighted by molar-refractivity contribution is -0.120. The zero-order valence-electron chi connectivity index (χ0n) is 8.68. The van der Waals surface area contributed by atoms with Crippen molar-refractivity contribution in [1.29, 1.82) is 0 Å². The monoisotopic (exact) mass is 229 g/mol. The fourth-order valence-corrected chi connectivity index (χ4v) is 1.60. The molecule has 1 aromatic carbocycles. The number of halogens is 2. The van der Waals surface area contributed by atoms with Crippen molar-refractivity contribution in [2.45, 2.75) is 19.2 Å². The lowest BCUT2D eigenvalue weighted by Gasteiger charge is -2.12. The number of carbonyl (C=O) groups excluding carboxylic acids is 1. The first kappa shape index (κ1) is 12.0. The number of hydrogen-bond donors (Lipinski definition) is 1. The highest BCUT2D eigenvalue weighted by molar-refractivity contribution is 6.30. The van der Waals surface area contributed by atoms with Crippen molar-refractivity contribution in [3.63, 3.8) is 0 Å². The highest BCUT2D eigenvalue weighted by Gasteiger charge is 2.19. The highest BCUT2D eigenvalue weighted by Crippen LogP contribution is 2.24. The summed E-state index contributed by atoms with van der Waals surface area (Å²) in [5, 5.41) is 1.76. The summed E-state index contributed by atoms with van der Waals surface area (Å²) < 4.78 is 13.0. The largest absolute Gasteiger partial charge is 0.355 e. The lowest BCUT2D eigenvalue weighted by atomic mass is 10.0. The Hall–Kier alpha value is -1.09. The first-order chi connectivity index (χ1) is 7.06. The molecule has 1 atom stereocenters. The van der Waals surface area contributed by atoms with E-state index in [2.05, 4.69) is 5.32 Å². The molecule has 1 N–H and O–H groups in total. The van der Waals surface area contributed by atoms with E-state index in [1.165, 1.54) is 12.1 Å². The molecule has 0 aliphatic carbocycles. The molecular formula is C11H13ClFNO. The van der Waals surface area contributed by atoms with Crippen molar-refractivity contribution in [2.75, 3.05) is 6.54 Å². The molecule has 82 valence electrons. The molecule has 0 fully saturated rings. The first-order valence-corrected chi connectivity index (χ1v) is 5.17. The number of alkyl halides is 1. The van der Waals surface area contributed by atoms with Crippen LogP contribution < -0.4 is 5.32 Å². The quantitative estimate of drug-likeness (QED) is 0.793. The minimum Gasteiger partial charge on any atom is -0.355 e. The second-order valence-electron chi connectivity index (χ2n) is 3.26. The summed E-state index contributed by atoms with van der Waals surface area (Å²) in [5.41, 5.74) is 1.32. The van der Waals surface area contributed by atoms with Crippen molar-refractivity contribution in [3.8, 4) is 0 Å². The molecule has 0 saturated heterocycles. The van der Waals surface area contributed by atoms with Crippen LogP contribution in [0.1, 0.15) is 23.4 Å². The zero-order valence-corrected chi connectivity index (χ0v) is 9.44. The Bertz CT molecular complexity index is 368. The number of nitrogens with one attached hydrogen (secondary N) is 1. The van der Waals surface area contributed by atoms with Crippen molar-refractivity contribution in [2.24, 2.45) is 0 Å². The van der Waals surface area contributed by atoms with E-state index in [-0.39, 0.29) is 11.7 Å². The summed E-state index contributed by atoms with van der Waals surface area (Å²) >= 11 is 5.93. The topological polar surface area (TPSA) is 29.1 Å². The molecule has 2 nitrogen and oxygen atoms in total. The van der Waals surface area contributed by atoms with Crippen LogP contribution in [0.5, 0.6) is 0 Å². The average molecular weight is 230 g/mol. The van der Waals surface area contributed by atoms with E-state index < -0.39 is 5.38 Å². The van der Waals surface area contributed by atoms with Gasteiger partial charge in [-0.15, -0.1) is 11.6 Å². The van der Waals surface area contributed by atoms with Crippen LogP contribution in [0.25, 0.3) is 0 Å². The van der Waals surface area contributed by atoms with Gasteiger partial charge in [0.2, 0.25) is 5.91 Å². The molecule has 0 spiro atoms. The lowest BCUT2D eigenvalue weighted by Crippen LogP contribution is -2.26. The van der Waals surface area contributed by atoms with E-state index in [4.69, 9.17) is 11.6 Å². The maximum Gasteiger partial charge on any atom is 0.242 e. The molecule has 0 aliphatic heterocycles. The molecule has 0 bridgehead atoms. The summed E-state index contributed by atoms with van der Waals surface area (Å²) in [5.74, 6) is -0.682. The number of rotatable bonds is 3. The van der Waals surface area contributed by atoms with E-state index in [9.17, 15) is 9.18 Å². The normalized spacial score (nSPS) is 12.3. The smallest absolute Gasteiger partial charge is 0.242 e. The Morgan fingerprint density at radius 3 is 2.87 bits per heavy atom. The van der Waals surface area contributed by atoms with E-state index in [1.54, 1.807) is 19.9 Å². The predicted octanol–water partition coefficient (Wildman–Crippen LogP) is 2.55. The molecule has 0 saturated carbocycles. The standard InChI is InChI=1S/C11H13ClFNO/c1-3-14-11(15)10(12)9-6-8(13)5-4-7(9)2/h4-6,10H,3H2,1-2H3,(H,14,15). The van der Waals surface area contributed by atoms with Crippen molar-refractivity contribution < 1.29 is 9.18 Å². The minimum absolute atomic E-state index is 0.298. The average Bonchev–Trinajstić information content (AvgIpc) is 2.21. The summed E-state index contributed by atoms with van der Waals surface area (Å²) in [6, 6.07) is 4.25. The van der Waals surface area contributed by atoms with Gasteiger partial charge < -0.3 is 5.32 Å². The van der Waals surface area contributed by atoms with Crippen LogP contribution >= 0.6 is 11.6 Å².